The summed E-state index contributed by atoms with van der Waals surface area (Å²) in [5, 5.41) is 4.24. The molecule has 56 heavy (non-hydrogen) atoms. The topological polar surface area (TPSA) is 104 Å². The summed E-state index contributed by atoms with van der Waals surface area (Å²) in [7, 11) is 0. The third-order valence-corrected chi connectivity index (χ3v) is 10.2. The number of nitrogens with zero attached hydrogens (tertiary/aromatic N) is 6. The molecule has 6 aromatic carbocycles. The van der Waals surface area contributed by atoms with Crippen LogP contribution in [0, 0.1) is 0 Å². The summed E-state index contributed by atoms with van der Waals surface area (Å²) >= 11 is 0. The molecule has 0 saturated carbocycles. The largest absolute Gasteiger partial charge is 0.454 e. The Morgan fingerprint density at radius 2 is 0.929 bits per heavy atom. The second-order valence-corrected chi connectivity index (χ2v) is 13.5. The van der Waals surface area contributed by atoms with Crippen molar-refractivity contribution in [3.05, 3.63) is 170 Å². The number of para-hydroxylation sites is 1. The zero-order chi connectivity index (χ0) is 37.0. The maximum Gasteiger partial charge on any atom is 0.227 e. The van der Waals surface area contributed by atoms with Gasteiger partial charge >= 0.3 is 0 Å². The van der Waals surface area contributed by atoms with E-state index in [1.165, 1.54) is 0 Å². The van der Waals surface area contributed by atoms with Crippen LogP contribution < -0.4 is 0 Å². The van der Waals surface area contributed by atoms with Crippen molar-refractivity contribution in [3.63, 3.8) is 0 Å². The van der Waals surface area contributed by atoms with E-state index in [2.05, 4.69) is 82.8 Å². The van der Waals surface area contributed by atoms with Gasteiger partial charge in [0, 0.05) is 63.4 Å². The van der Waals surface area contributed by atoms with Gasteiger partial charge in [0.1, 0.15) is 5.58 Å². The third kappa shape index (κ3) is 5.31. The van der Waals surface area contributed by atoms with Gasteiger partial charge in [0.05, 0.1) is 0 Å². The molecule has 0 aliphatic heterocycles. The van der Waals surface area contributed by atoms with E-state index in [1.807, 2.05) is 72.8 Å². The molecule has 5 aromatic heterocycles. The van der Waals surface area contributed by atoms with E-state index in [1.54, 1.807) is 24.8 Å². The summed E-state index contributed by atoms with van der Waals surface area (Å²) in [6, 6.07) is 49.2. The van der Waals surface area contributed by atoms with Crippen LogP contribution in [-0.2, 0) is 0 Å². The van der Waals surface area contributed by atoms with Gasteiger partial charge in [-0.3, -0.25) is 9.97 Å². The number of benzene rings is 6. The molecule has 0 atom stereocenters. The van der Waals surface area contributed by atoms with Crippen molar-refractivity contribution in [3.8, 4) is 67.9 Å². The SMILES string of the molecule is c1ccc(-c2nc3c(o2)c(-c2ccc(-c4ccc(-c5nc(-c6cccnc6)nc(-c6cccnc6)n5)cc4)c4ccccc24)cc2c4ccccc4oc23)cc1. The van der Waals surface area contributed by atoms with Crippen LogP contribution in [0.5, 0.6) is 0 Å². The predicted molar refractivity (Wildman–Crippen MR) is 220 cm³/mol. The summed E-state index contributed by atoms with van der Waals surface area (Å²) in [5.74, 6) is 2.21. The van der Waals surface area contributed by atoms with Crippen LogP contribution >= 0.6 is 0 Å². The predicted octanol–water partition coefficient (Wildman–Crippen LogP) is 11.9. The molecule has 0 N–H and O–H groups in total. The number of pyridine rings is 2. The Labute approximate surface area is 319 Å². The highest BCUT2D eigenvalue weighted by atomic mass is 16.4. The first kappa shape index (κ1) is 31.7. The fraction of sp³-hybridized carbons (Fsp3) is 0. The molecule has 11 rings (SSSR count). The van der Waals surface area contributed by atoms with Gasteiger partial charge < -0.3 is 8.83 Å². The van der Waals surface area contributed by atoms with Gasteiger partial charge in [0.2, 0.25) is 5.89 Å². The Hall–Kier alpha value is -7.84. The Balaban J connectivity index is 1.04. The number of aromatic nitrogens is 6. The second kappa shape index (κ2) is 12.9. The molecule has 0 radical (unpaired) electrons. The molecule has 8 nitrogen and oxygen atoms in total. The number of furan rings is 1. The van der Waals surface area contributed by atoms with Gasteiger partial charge in [-0.1, -0.05) is 97.1 Å². The quantitative estimate of drug-likeness (QED) is 0.167. The number of hydrogen-bond donors (Lipinski definition) is 0. The summed E-state index contributed by atoms with van der Waals surface area (Å²) in [5.41, 5.74) is 10.5. The Morgan fingerprint density at radius 1 is 0.357 bits per heavy atom. The first-order valence-corrected chi connectivity index (χ1v) is 18.3. The standard InChI is InChI=1S/C48H28N6O2/c1-2-10-31(11-3-1)48-51-42-43-40(38-16-6-7-17-41(38)55-43)26-39(44(42)56-48)37-23-22-34(35-14-4-5-15-36(35)37)29-18-20-30(21-19-29)45-52-46(32-12-8-24-49-27-32)54-47(53-45)33-13-9-25-50-28-33/h1-28H. The van der Waals surface area contributed by atoms with E-state index in [0.29, 0.717) is 34.5 Å². The summed E-state index contributed by atoms with van der Waals surface area (Å²) in [4.78, 5) is 28.1. The lowest BCUT2D eigenvalue weighted by molar-refractivity contribution is 0.620. The lowest BCUT2D eigenvalue weighted by Gasteiger charge is -2.13. The molecule has 5 heterocycles. The average molecular weight is 721 g/mol. The fourth-order valence-electron chi connectivity index (χ4n) is 7.49. The number of hydrogen-bond acceptors (Lipinski definition) is 8. The molecule has 0 saturated heterocycles. The van der Waals surface area contributed by atoms with Crippen LogP contribution in [0.15, 0.2) is 179 Å². The van der Waals surface area contributed by atoms with Gasteiger partial charge in [-0.25, -0.2) is 19.9 Å². The molecule has 0 fully saturated rings. The maximum absolute atomic E-state index is 6.64. The van der Waals surface area contributed by atoms with E-state index in [-0.39, 0.29) is 0 Å². The minimum atomic E-state index is 0.547. The van der Waals surface area contributed by atoms with Crippen LogP contribution in [0.4, 0.5) is 0 Å². The maximum atomic E-state index is 6.64. The first-order valence-electron chi connectivity index (χ1n) is 18.3. The van der Waals surface area contributed by atoms with Crippen molar-refractivity contribution in [2.45, 2.75) is 0 Å². The molecular formula is C48H28N6O2. The van der Waals surface area contributed by atoms with Crippen molar-refractivity contribution in [2.75, 3.05) is 0 Å². The molecule has 0 bridgehead atoms. The molecule has 262 valence electrons. The molecule has 0 unspecified atom stereocenters. The van der Waals surface area contributed by atoms with Crippen molar-refractivity contribution < 1.29 is 8.83 Å². The summed E-state index contributed by atoms with van der Waals surface area (Å²) < 4.78 is 13.1. The second-order valence-electron chi connectivity index (χ2n) is 13.5. The third-order valence-electron chi connectivity index (χ3n) is 10.2. The van der Waals surface area contributed by atoms with E-state index < -0.39 is 0 Å². The van der Waals surface area contributed by atoms with Crippen LogP contribution in [-0.4, -0.2) is 29.9 Å². The van der Waals surface area contributed by atoms with E-state index in [9.17, 15) is 0 Å². The highest BCUT2D eigenvalue weighted by Gasteiger charge is 2.22. The number of rotatable bonds is 6. The van der Waals surface area contributed by atoms with Crippen LogP contribution in [0.1, 0.15) is 0 Å². The average Bonchev–Trinajstić information content (AvgIpc) is 3.89. The summed E-state index contributed by atoms with van der Waals surface area (Å²) in [6.45, 7) is 0. The van der Waals surface area contributed by atoms with Crippen molar-refractivity contribution in [1.82, 2.24) is 29.9 Å². The smallest absolute Gasteiger partial charge is 0.227 e. The van der Waals surface area contributed by atoms with Gasteiger partial charge in [-0.05, 0) is 76.0 Å². The first-order chi connectivity index (χ1) is 27.7. The highest BCUT2D eigenvalue weighted by Crippen LogP contribution is 2.44. The molecule has 8 heteroatoms. The molecular weight excluding hydrogens is 693 g/mol. The minimum absolute atomic E-state index is 0.547. The van der Waals surface area contributed by atoms with Crippen LogP contribution in [0.3, 0.4) is 0 Å². The van der Waals surface area contributed by atoms with Gasteiger partial charge in [-0.2, -0.15) is 0 Å². The van der Waals surface area contributed by atoms with Crippen molar-refractivity contribution >= 4 is 43.8 Å². The van der Waals surface area contributed by atoms with Gasteiger partial charge in [0.15, 0.2) is 34.2 Å². The van der Waals surface area contributed by atoms with Crippen molar-refractivity contribution in [1.29, 1.82) is 0 Å². The lowest BCUT2D eigenvalue weighted by Crippen LogP contribution is -2.00. The van der Waals surface area contributed by atoms with E-state index in [0.717, 1.165) is 77.2 Å². The normalized spacial score (nSPS) is 11.6. The van der Waals surface area contributed by atoms with Crippen LogP contribution in [0.2, 0.25) is 0 Å². The summed E-state index contributed by atoms with van der Waals surface area (Å²) in [6.07, 6.45) is 6.99. The molecule has 11 aromatic rings. The molecule has 0 spiro atoms. The van der Waals surface area contributed by atoms with Gasteiger partial charge in [-0.15, -0.1) is 0 Å². The van der Waals surface area contributed by atoms with Crippen LogP contribution in [0.25, 0.3) is 112 Å². The van der Waals surface area contributed by atoms with Crippen molar-refractivity contribution in [2.24, 2.45) is 0 Å². The Bertz CT molecular complexity index is 3180. The van der Waals surface area contributed by atoms with Gasteiger partial charge in [0.25, 0.3) is 0 Å². The Kier molecular flexibility index (Phi) is 7.31. The zero-order valence-corrected chi connectivity index (χ0v) is 29.7. The zero-order valence-electron chi connectivity index (χ0n) is 29.7. The number of fused-ring (bicyclic) bond motifs is 6. The van der Waals surface area contributed by atoms with E-state index in [4.69, 9.17) is 28.8 Å². The minimum Gasteiger partial charge on any atom is -0.454 e. The number of oxazole rings is 1. The monoisotopic (exact) mass is 720 g/mol. The lowest BCUT2D eigenvalue weighted by atomic mass is 9.91. The molecule has 0 amide bonds. The van der Waals surface area contributed by atoms with E-state index >= 15 is 0 Å². The molecule has 0 aliphatic carbocycles. The Morgan fingerprint density at radius 3 is 1.61 bits per heavy atom. The highest BCUT2D eigenvalue weighted by molar-refractivity contribution is 6.19. The molecule has 0 aliphatic rings. The fourth-order valence-corrected chi connectivity index (χ4v) is 7.49.